The van der Waals surface area contributed by atoms with Gasteiger partial charge in [0.1, 0.15) is 5.75 Å². The number of hydrogen-bond acceptors (Lipinski definition) is 6. The topological polar surface area (TPSA) is 81.1 Å². The molecule has 2 aromatic carbocycles. The predicted octanol–water partition coefficient (Wildman–Crippen LogP) is 4.21. The first-order chi connectivity index (χ1) is 14.0. The standard InChI is InChI=1S/C20H22ClN5O2S/c1-3-28-17-10-8-16(9-11-17)23-19(27)13-29-20-25-24-18(26(20)2)12-22-15-6-4-14(21)5-7-15/h4-11,22H,3,12-13H2,1-2H3,(H,23,27). The van der Waals surface area contributed by atoms with Crippen molar-refractivity contribution in [3.8, 4) is 5.75 Å². The Morgan fingerprint density at radius 3 is 2.48 bits per heavy atom. The lowest BCUT2D eigenvalue weighted by Gasteiger charge is -2.08. The normalized spacial score (nSPS) is 10.6. The second-order valence-corrected chi connectivity index (χ2v) is 7.49. The molecule has 7 nitrogen and oxygen atoms in total. The molecule has 0 fully saturated rings. The van der Waals surface area contributed by atoms with E-state index in [9.17, 15) is 4.79 Å². The van der Waals surface area contributed by atoms with E-state index in [0.717, 1.165) is 22.9 Å². The van der Waals surface area contributed by atoms with Crippen molar-refractivity contribution in [3.05, 3.63) is 59.4 Å². The maximum atomic E-state index is 12.2. The summed E-state index contributed by atoms with van der Waals surface area (Å²) in [6.07, 6.45) is 0. The summed E-state index contributed by atoms with van der Waals surface area (Å²) in [4.78, 5) is 12.2. The number of benzene rings is 2. The molecule has 29 heavy (non-hydrogen) atoms. The van der Waals surface area contributed by atoms with Crippen molar-refractivity contribution in [1.29, 1.82) is 0 Å². The number of halogens is 1. The molecular formula is C20H22ClN5O2S. The van der Waals surface area contributed by atoms with Crippen LogP contribution in [0, 0.1) is 0 Å². The fourth-order valence-electron chi connectivity index (χ4n) is 2.50. The van der Waals surface area contributed by atoms with E-state index in [1.807, 2.05) is 67.1 Å². The highest BCUT2D eigenvalue weighted by molar-refractivity contribution is 7.99. The van der Waals surface area contributed by atoms with Crippen LogP contribution in [0.15, 0.2) is 53.7 Å². The van der Waals surface area contributed by atoms with Gasteiger partial charge in [0.15, 0.2) is 11.0 Å². The van der Waals surface area contributed by atoms with E-state index in [0.29, 0.717) is 23.3 Å². The summed E-state index contributed by atoms with van der Waals surface area (Å²) in [5.41, 5.74) is 1.67. The highest BCUT2D eigenvalue weighted by Crippen LogP contribution is 2.19. The molecule has 0 aliphatic carbocycles. The van der Waals surface area contributed by atoms with E-state index >= 15 is 0 Å². The van der Waals surface area contributed by atoms with Crippen LogP contribution in [-0.4, -0.2) is 33.0 Å². The van der Waals surface area contributed by atoms with Crippen molar-refractivity contribution in [2.24, 2.45) is 7.05 Å². The Balaban J connectivity index is 1.49. The molecule has 1 amide bonds. The maximum absolute atomic E-state index is 12.2. The molecule has 0 radical (unpaired) electrons. The number of amides is 1. The fourth-order valence-corrected chi connectivity index (χ4v) is 3.36. The van der Waals surface area contributed by atoms with Crippen molar-refractivity contribution in [1.82, 2.24) is 14.8 Å². The molecule has 1 aromatic heterocycles. The van der Waals surface area contributed by atoms with Crippen molar-refractivity contribution in [2.75, 3.05) is 23.0 Å². The molecule has 9 heteroatoms. The molecular weight excluding hydrogens is 410 g/mol. The van der Waals surface area contributed by atoms with Gasteiger partial charge < -0.3 is 19.9 Å². The highest BCUT2D eigenvalue weighted by Gasteiger charge is 2.12. The van der Waals surface area contributed by atoms with Gasteiger partial charge in [-0.1, -0.05) is 23.4 Å². The van der Waals surface area contributed by atoms with Gasteiger partial charge >= 0.3 is 0 Å². The van der Waals surface area contributed by atoms with E-state index in [2.05, 4.69) is 20.8 Å². The lowest BCUT2D eigenvalue weighted by molar-refractivity contribution is -0.113. The molecule has 2 N–H and O–H groups in total. The number of nitrogens with one attached hydrogen (secondary N) is 2. The minimum atomic E-state index is -0.108. The number of anilines is 2. The van der Waals surface area contributed by atoms with Gasteiger partial charge in [-0.25, -0.2) is 0 Å². The molecule has 0 saturated heterocycles. The summed E-state index contributed by atoms with van der Waals surface area (Å²) in [5.74, 6) is 1.68. The number of carbonyl (C=O) groups excluding carboxylic acids is 1. The summed E-state index contributed by atoms with van der Waals surface area (Å²) >= 11 is 7.23. The van der Waals surface area contributed by atoms with Crippen LogP contribution in [0.5, 0.6) is 5.75 Å². The Kier molecular flexibility index (Phi) is 7.37. The first kappa shape index (κ1) is 21.0. The van der Waals surface area contributed by atoms with Gasteiger partial charge in [0.25, 0.3) is 0 Å². The molecule has 0 atom stereocenters. The highest BCUT2D eigenvalue weighted by atomic mass is 35.5. The molecule has 0 aliphatic rings. The Bertz CT molecular complexity index is 945. The van der Waals surface area contributed by atoms with Gasteiger partial charge in [-0.3, -0.25) is 4.79 Å². The third-order valence-corrected chi connectivity index (χ3v) is 5.27. The predicted molar refractivity (Wildman–Crippen MR) is 117 cm³/mol. The average Bonchev–Trinajstić information content (AvgIpc) is 3.07. The maximum Gasteiger partial charge on any atom is 0.234 e. The summed E-state index contributed by atoms with van der Waals surface area (Å²) in [6.45, 7) is 3.06. The zero-order chi connectivity index (χ0) is 20.6. The number of rotatable bonds is 9. The van der Waals surface area contributed by atoms with Gasteiger partial charge in [0.05, 0.1) is 18.9 Å². The number of ether oxygens (including phenoxy) is 1. The summed E-state index contributed by atoms with van der Waals surface area (Å²) < 4.78 is 7.27. The number of nitrogens with zero attached hydrogens (tertiary/aromatic N) is 3. The van der Waals surface area contributed by atoms with Gasteiger partial charge in [-0.05, 0) is 55.5 Å². The van der Waals surface area contributed by atoms with Crippen LogP contribution in [0.4, 0.5) is 11.4 Å². The summed E-state index contributed by atoms with van der Waals surface area (Å²) in [6, 6.07) is 14.7. The average molecular weight is 432 g/mol. The molecule has 3 aromatic rings. The lowest BCUT2D eigenvalue weighted by atomic mass is 10.3. The fraction of sp³-hybridized carbons (Fsp3) is 0.250. The molecule has 0 unspecified atom stereocenters. The van der Waals surface area contributed by atoms with Crippen LogP contribution in [0.1, 0.15) is 12.7 Å². The van der Waals surface area contributed by atoms with Gasteiger partial charge in [-0.15, -0.1) is 10.2 Å². The summed E-state index contributed by atoms with van der Waals surface area (Å²) in [7, 11) is 1.88. The Labute approximate surface area is 178 Å². The minimum absolute atomic E-state index is 0.108. The van der Waals surface area contributed by atoms with Crippen LogP contribution in [0.2, 0.25) is 5.02 Å². The lowest BCUT2D eigenvalue weighted by Crippen LogP contribution is -2.14. The number of aromatic nitrogens is 3. The van der Waals surface area contributed by atoms with Gasteiger partial charge in [0, 0.05) is 23.4 Å². The molecule has 0 aliphatic heterocycles. The third-order valence-electron chi connectivity index (χ3n) is 4.00. The molecule has 0 bridgehead atoms. The van der Waals surface area contributed by atoms with E-state index in [1.165, 1.54) is 11.8 Å². The number of hydrogen-bond donors (Lipinski definition) is 2. The first-order valence-electron chi connectivity index (χ1n) is 9.08. The van der Waals surface area contributed by atoms with Crippen LogP contribution < -0.4 is 15.4 Å². The number of thioether (sulfide) groups is 1. The number of carbonyl (C=O) groups is 1. The van der Waals surface area contributed by atoms with Crippen LogP contribution in [0.3, 0.4) is 0 Å². The Hall–Kier alpha value is -2.71. The van der Waals surface area contributed by atoms with Crippen molar-refractivity contribution in [2.45, 2.75) is 18.6 Å². The summed E-state index contributed by atoms with van der Waals surface area (Å²) in [5, 5.41) is 15.9. The first-order valence-corrected chi connectivity index (χ1v) is 10.4. The van der Waals surface area contributed by atoms with E-state index in [-0.39, 0.29) is 11.7 Å². The Morgan fingerprint density at radius 1 is 1.10 bits per heavy atom. The van der Waals surface area contributed by atoms with Crippen LogP contribution >= 0.6 is 23.4 Å². The van der Waals surface area contributed by atoms with Gasteiger partial charge in [0.2, 0.25) is 5.91 Å². The van der Waals surface area contributed by atoms with Crippen molar-refractivity contribution >= 4 is 40.6 Å². The largest absolute Gasteiger partial charge is 0.494 e. The van der Waals surface area contributed by atoms with E-state index in [1.54, 1.807) is 0 Å². The zero-order valence-electron chi connectivity index (χ0n) is 16.2. The molecule has 0 saturated carbocycles. The Morgan fingerprint density at radius 2 is 1.79 bits per heavy atom. The quantitative estimate of drug-likeness (QED) is 0.494. The third kappa shape index (κ3) is 6.13. The van der Waals surface area contributed by atoms with Crippen LogP contribution in [-0.2, 0) is 18.4 Å². The van der Waals surface area contributed by atoms with E-state index < -0.39 is 0 Å². The second kappa shape index (κ2) is 10.2. The SMILES string of the molecule is CCOc1ccc(NC(=O)CSc2nnc(CNc3ccc(Cl)cc3)n2C)cc1. The minimum Gasteiger partial charge on any atom is -0.494 e. The molecule has 3 rings (SSSR count). The smallest absolute Gasteiger partial charge is 0.234 e. The monoisotopic (exact) mass is 431 g/mol. The van der Waals surface area contributed by atoms with Crippen molar-refractivity contribution in [3.63, 3.8) is 0 Å². The van der Waals surface area contributed by atoms with E-state index in [4.69, 9.17) is 16.3 Å². The zero-order valence-corrected chi connectivity index (χ0v) is 17.8. The molecule has 152 valence electrons. The van der Waals surface area contributed by atoms with Crippen molar-refractivity contribution < 1.29 is 9.53 Å². The molecule has 0 spiro atoms. The second-order valence-electron chi connectivity index (χ2n) is 6.11. The van der Waals surface area contributed by atoms with Gasteiger partial charge in [-0.2, -0.15) is 0 Å². The molecule has 1 heterocycles. The van der Waals surface area contributed by atoms with Crippen LogP contribution in [0.25, 0.3) is 0 Å².